The minimum Gasteiger partial charge on any atom is -0.347 e. The van der Waals surface area contributed by atoms with Gasteiger partial charge in [-0.25, -0.2) is 4.39 Å². The van der Waals surface area contributed by atoms with E-state index in [1.165, 1.54) is 18.3 Å². The van der Waals surface area contributed by atoms with Crippen molar-refractivity contribution < 1.29 is 14.0 Å². The summed E-state index contributed by atoms with van der Waals surface area (Å²) in [6.45, 7) is 3.84. The number of hydrogen-bond acceptors (Lipinski definition) is 3. The predicted molar refractivity (Wildman–Crippen MR) is 90.3 cm³/mol. The number of benzene rings is 1. The molecule has 0 saturated carbocycles. The van der Waals surface area contributed by atoms with Crippen LogP contribution in [0.3, 0.4) is 0 Å². The molecule has 1 aromatic carbocycles. The maximum absolute atomic E-state index is 13.2. The molecule has 0 spiro atoms. The molecule has 0 fully saturated rings. The summed E-state index contributed by atoms with van der Waals surface area (Å²) >= 11 is 6.06. The van der Waals surface area contributed by atoms with Crippen LogP contribution in [0.15, 0.2) is 42.7 Å². The Morgan fingerprint density at radius 2 is 2.00 bits per heavy atom. The van der Waals surface area contributed by atoms with Crippen LogP contribution in [0.25, 0.3) is 0 Å². The fourth-order valence-corrected chi connectivity index (χ4v) is 2.56. The number of hydrogen-bond donors (Lipinski definition) is 2. The van der Waals surface area contributed by atoms with Crippen molar-refractivity contribution in [1.82, 2.24) is 10.3 Å². The summed E-state index contributed by atoms with van der Waals surface area (Å²) in [7, 11) is 0. The third-order valence-corrected chi connectivity index (χ3v) is 3.79. The standard InChI is InChI=1S/C17H17ClFN3O2/c1-17(2,13-6-5-11(19)8-14(13)18)10-21-15(23)16(24)22-12-4-3-7-20-9-12/h3-9H,10H2,1-2H3,(H,21,23)(H,22,24). The first-order chi connectivity index (χ1) is 11.3. The Hall–Kier alpha value is -2.47. The molecule has 1 heterocycles. The van der Waals surface area contributed by atoms with Crippen LogP contribution in [0.5, 0.6) is 0 Å². The normalized spacial score (nSPS) is 11.0. The summed E-state index contributed by atoms with van der Waals surface area (Å²) in [5.74, 6) is -1.99. The molecule has 2 amide bonds. The van der Waals surface area contributed by atoms with Gasteiger partial charge in [0.2, 0.25) is 0 Å². The first-order valence-electron chi connectivity index (χ1n) is 7.24. The van der Waals surface area contributed by atoms with Crippen LogP contribution in [0.1, 0.15) is 19.4 Å². The van der Waals surface area contributed by atoms with Gasteiger partial charge in [-0.3, -0.25) is 14.6 Å². The molecule has 1 aromatic heterocycles. The van der Waals surface area contributed by atoms with Gasteiger partial charge in [0, 0.05) is 23.2 Å². The fourth-order valence-electron chi connectivity index (χ4n) is 2.14. The van der Waals surface area contributed by atoms with Crippen LogP contribution >= 0.6 is 11.6 Å². The number of nitrogens with one attached hydrogen (secondary N) is 2. The molecule has 2 N–H and O–H groups in total. The van der Waals surface area contributed by atoms with Gasteiger partial charge >= 0.3 is 11.8 Å². The molecule has 0 radical (unpaired) electrons. The van der Waals surface area contributed by atoms with Gasteiger partial charge in [0.15, 0.2) is 0 Å². The van der Waals surface area contributed by atoms with E-state index < -0.39 is 23.0 Å². The van der Waals surface area contributed by atoms with Crippen LogP contribution in [0.4, 0.5) is 10.1 Å². The van der Waals surface area contributed by atoms with Crippen molar-refractivity contribution >= 4 is 29.1 Å². The molecular formula is C17H17ClFN3O2. The van der Waals surface area contributed by atoms with E-state index in [0.717, 1.165) is 0 Å². The molecule has 0 atom stereocenters. The Morgan fingerprint density at radius 3 is 2.62 bits per heavy atom. The SMILES string of the molecule is CC(C)(CNC(=O)C(=O)Nc1cccnc1)c1ccc(F)cc1Cl. The molecule has 24 heavy (non-hydrogen) atoms. The highest BCUT2D eigenvalue weighted by molar-refractivity contribution is 6.39. The summed E-state index contributed by atoms with van der Waals surface area (Å²) < 4.78 is 13.2. The highest BCUT2D eigenvalue weighted by Gasteiger charge is 2.25. The lowest BCUT2D eigenvalue weighted by Crippen LogP contribution is -2.42. The topological polar surface area (TPSA) is 71.1 Å². The summed E-state index contributed by atoms with van der Waals surface area (Å²) in [5, 5.41) is 5.28. The smallest absolute Gasteiger partial charge is 0.313 e. The summed E-state index contributed by atoms with van der Waals surface area (Å²) in [5.41, 5.74) is 0.534. The Balaban J connectivity index is 1.98. The highest BCUT2D eigenvalue weighted by atomic mass is 35.5. The van der Waals surface area contributed by atoms with Crippen LogP contribution in [-0.2, 0) is 15.0 Å². The Morgan fingerprint density at radius 1 is 1.25 bits per heavy atom. The molecule has 0 bridgehead atoms. The molecule has 5 nitrogen and oxygen atoms in total. The van der Waals surface area contributed by atoms with E-state index in [9.17, 15) is 14.0 Å². The number of amides is 2. The van der Waals surface area contributed by atoms with E-state index in [4.69, 9.17) is 11.6 Å². The molecule has 0 aliphatic heterocycles. The first kappa shape index (κ1) is 17.9. The third kappa shape index (κ3) is 4.52. The van der Waals surface area contributed by atoms with Crippen LogP contribution in [0.2, 0.25) is 5.02 Å². The number of carbonyl (C=O) groups excluding carboxylic acids is 2. The second-order valence-electron chi connectivity index (χ2n) is 5.89. The van der Waals surface area contributed by atoms with Crippen molar-refractivity contribution in [2.24, 2.45) is 0 Å². The van der Waals surface area contributed by atoms with E-state index in [1.807, 2.05) is 13.8 Å². The Labute approximate surface area is 144 Å². The molecule has 0 unspecified atom stereocenters. The van der Waals surface area contributed by atoms with Crippen molar-refractivity contribution in [3.63, 3.8) is 0 Å². The summed E-state index contributed by atoms with van der Waals surface area (Å²) in [6.07, 6.45) is 3.00. The first-order valence-corrected chi connectivity index (χ1v) is 7.62. The summed E-state index contributed by atoms with van der Waals surface area (Å²) in [6, 6.07) is 7.36. The van der Waals surface area contributed by atoms with Crippen LogP contribution in [0, 0.1) is 5.82 Å². The van der Waals surface area contributed by atoms with Gasteiger partial charge in [-0.05, 0) is 29.8 Å². The van der Waals surface area contributed by atoms with Gasteiger partial charge in [0.25, 0.3) is 0 Å². The molecule has 2 rings (SSSR count). The van der Waals surface area contributed by atoms with Gasteiger partial charge < -0.3 is 10.6 Å². The van der Waals surface area contributed by atoms with Gasteiger partial charge in [-0.1, -0.05) is 31.5 Å². The number of anilines is 1. The lowest BCUT2D eigenvalue weighted by molar-refractivity contribution is -0.136. The average molecular weight is 350 g/mol. The second kappa shape index (κ2) is 7.40. The molecule has 7 heteroatoms. The zero-order valence-corrected chi connectivity index (χ0v) is 14.0. The number of halogens is 2. The molecule has 0 saturated heterocycles. The van der Waals surface area contributed by atoms with Gasteiger partial charge in [0.1, 0.15) is 5.82 Å². The van der Waals surface area contributed by atoms with E-state index >= 15 is 0 Å². The zero-order chi connectivity index (χ0) is 17.7. The maximum Gasteiger partial charge on any atom is 0.313 e. The predicted octanol–water partition coefficient (Wildman–Crippen LogP) is 2.91. The fraction of sp³-hybridized carbons (Fsp3) is 0.235. The van der Waals surface area contributed by atoms with Gasteiger partial charge in [-0.2, -0.15) is 0 Å². The van der Waals surface area contributed by atoms with Crippen molar-refractivity contribution in [3.05, 3.63) is 59.1 Å². The van der Waals surface area contributed by atoms with E-state index in [0.29, 0.717) is 11.3 Å². The third-order valence-electron chi connectivity index (χ3n) is 3.48. The van der Waals surface area contributed by atoms with Crippen molar-refractivity contribution in [2.75, 3.05) is 11.9 Å². The lowest BCUT2D eigenvalue weighted by atomic mass is 9.84. The van der Waals surface area contributed by atoms with Crippen LogP contribution < -0.4 is 10.6 Å². The minimum absolute atomic E-state index is 0.164. The highest BCUT2D eigenvalue weighted by Crippen LogP contribution is 2.29. The Bertz CT molecular complexity index is 751. The molecule has 0 aliphatic carbocycles. The van der Waals surface area contributed by atoms with Crippen LogP contribution in [-0.4, -0.2) is 23.3 Å². The maximum atomic E-state index is 13.2. The van der Waals surface area contributed by atoms with Crippen molar-refractivity contribution in [3.8, 4) is 0 Å². The number of aromatic nitrogens is 1. The number of pyridine rings is 1. The van der Waals surface area contributed by atoms with Crippen molar-refractivity contribution in [2.45, 2.75) is 19.3 Å². The largest absolute Gasteiger partial charge is 0.347 e. The minimum atomic E-state index is -0.788. The second-order valence-corrected chi connectivity index (χ2v) is 6.29. The number of nitrogens with zero attached hydrogens (tertiary/aromatic N) is 1. The van der Waals surface area contributed by atoms with Gasteiger partial charge in [-0.15, -0.1) is 0 Å². The molecule has 2 aromatic rings. The molecule has 0 aliphatic rings. The number of rotatable bonds is 4. The van der Waals surface area contributed by atoms with Crippen molar-refractivity contribution in [1.29, 1.82) is 0 Å². The average Bonchev–Trinajstić information content (AvgIpc) is 2.53. The monoisotopic (exact) mass is 349 g/mol. The zero-order valence-electron chi connectivity index (χ0n) is 13.3. The molecular weight excluding hydrogens is 333 g/mol. The molecule has 126 valence electrons. The summed E-state index contributed by atoms with van der Waals surface area (Å²) in [4.78, 5) is 27.6. The van der Waals surface area contributed by atoms with Gasteiger partial charge in [0.05, 0.1) is 11.9 Å². The lowest BCUT2D eigenvalue weighted by Gasteiger charge is -2.26. The van der Waals surface area contributed by atoms with E-state index in [2.05, 4.69) is 15.6 Å². The van der Waals surface area contributed by atoms with E-state index in [-0.39, 0.29) is 11.6 Å². The quantitative estimate of drug-likeness (QED) is 0.834. The number of carbonyl (C=O) groups is 2. The Kier molecular flexibility index (Phi) is 5.51. The van der Waals surface area contributed by atoms with E-state index in [1.54, 1.807) is 24.4 Å².